The summed E-state index contributed by atoms with van der Waals surface area (Å²) in [6, 6.07) is 0. The Labute approximate surface area is 116 Å². The van der Waals surface area contributed by atoms with Gasteiger partial charge in [0, 0.05) is 29.2 Å². The lowest BCUT2D eigenvalue weighted by Gasteiger charge is -2.03. The van der Waals surface area contributed by atoms with E-state index < -0.39 is 0 Å². The molecule has 0 aliphatic carbocycles. The van der Waals surface area contributed by atoms with Crippen molar-refractivity contribution >= 4 is 28.1 Å². The first-order valence-electron chi connectivity index (χ1n) is 5.30. The largest absolute Gasteiger partial charge is 0.492 e. The summed E-state index contributed by atoms with van der Waals surface area (Å²) in [5, 5.41) is 14.4. The number of hydrogen-bond donors (Lipinski definition) is 1. The third-order valence-corrected chi connectivity index (χ3v) is 3.91. The zero-order valence-electron chi connectivity index (χ0n) is 9.79. The van der Waals surface area contributed by atoms with Gasteiger partial charge in [-0.15, -0.1) is 5.10 Å². The first-order chi connectivity index (χ1) is 8.58. The molecule has 0 unspecified atom stereocenters. The fourth-order valence-corrected chi connectivity index (χ4v) is 2.38. The van der Waals surface area contributed by atoms with Crippen molar-refractivity contribution in [3.63, 3.8) is 0 Å². The molecule has 0 atom stereocenters. The molecule has 0 fully saturated rings. The predicted octanol–water partition coefficient (Wildman–Crippen LogP) is 1.75. The first kappa shape index (κ1) is 11.5. The molecule has 3 rings (SSSR count). The molecule has 0 radical (unpaired) electrons. The van der Waals surface area contributed by atoms with Gasteiger partial charge in [-0.3, -0.25) is 0 Å². The Hall–Kier alpha value is -1.64. The van der Waals surface area contributed by atoms with Crippen LogP contribution in [-0.2, 0) is 7.05 Å². The SMILES string of the molecule is Cc1c(I)cn2nc(-c3nccn3C)nc(O)c12. The minimum atomic E-state index is -0.0246. The molecule has 3 aromatic rings. The average molecular weight is 355 g/mol. The third kappa shape index (κ3) is 1.57. The van der Waals surface area contributed by atoms with Crippen LogP contribution in [0.1, 0.15) is 5.56 Å². The van der Waals surface area contributed by atoms with E-state index in [2.05, 4.69) is 37.7 Å². The van der Waals surface area contributed by atoms with Crippen LogP contribution in [0.5, 0.6) is 5.88 Å². The number of fused-ring (bicyclic) bond motifs is 1. The molecule has 3 aromatic heterocycles. The topological polar surface area (TPSA) is 68.2 Å². The van der Waals surface area contributed by atoms with Gasteiger partial charge in [0.15, 0.2) is 5.82 Å². The Balaban J connectivity index is 2.31. The van der Waals surface area contributed by atoms with Gasteiger partial charge in [0.1, 0.15) is 5.52 Å². The Morgan fingerprint density at radius 2 is 2.17 bits per heavy atom. The molecular formula is C11H10IN5O. The normalized spacial score (nSPS) is 11.3. The Kier molecular flexibility index (Phi) is 2.51. The van der Waals surface area contributed by atoms with Crippen molar-refractivity contribution in [3.8, 4) is 17.5 Å². The molecule has 0 amide bonds. The van der Waals surface area contributed by atoms with Crippen molar-refractivity contribution in [1.82, 2.24) is 24.1 Å². The van der Waals surface area contributed by atoms with E-state index in [9.17, 15) is 5.11 Å². The van der Waals surface area contributed by atoms with Crippen molar-refractivity contribution in [2.75, 3.05) is 0 Å². The number of aromatic hydroxyl groups is 1. The molecular weight excluding hydrogens is 345 g/mol. The zero-order chi connectivity index (χ0) is 12.9. The molecule has 0 aliphatic heterocycles. The summed E-state index contributed by atoms with van der Waals surface area (Å²) >= 11 is 2.21. The van der Waals surface area contributed by atoms with E-state index in [-0.39, 0.29) is 5.88 Å². The molecule has 6 nitrogen and oxygen atoms in total. The molecule has 92 valence electrons. The average Bonchev–Trinajstić information content (AvgIpc) is 2.84. The molecule has 0 saturated carbocycles. The highest BCUT2D eigenvalue weighted by Gasteiger charge is 2.15. The van der Waals surface area contributed by atoms with Crippen LogP contribution in [-0.4, -0.2) is 29.3 Å². The maximum Gasteiger partial charge on any atom is 0.240 e. The summed E-state index contributed by atoms with van der Waals surface area (Å²) in [6.45, 7) is 1.93. The number of aromatic nitrogens is 5. The standard InChI is InChI=1S/C11H10IN5O/c1-6-7(12)5-17-8(6)11(18)14-9(15-17)10-13-3-4-16(10)2/h3-5H,1-2H3,(H,14,15,18). The van der Waals surface area contributed by atoms with E-state index in [1.54, 1.807) is 10.7 Å². The van der Waals surface area contributed by atoms with Gasteiger partial charge >= 0.3 is 0 Å². The lowest BCUT2D eigenvalue weighted by atomic mass is 10.3. The van der Waals surface area contributed by atoms with E-state index in [0.29, 0.717) is 17.2 Å². The Bertz CT molecular complexity index is 745. The van der Waals surface area contributed by atoms with Crippen LogP contribution in [0.2, 0.25) is 0 Å². The summed E-state index contributed by atoms with van der Waals surface area (Å²) in [6.07, 6.45) is 5.34. The van der Waals surface area contributed by atoms with Crippen LogP contribution < -0.4 is 0 Å². The number of imidazole rings is 1. The molecule has 0 aromatic carbocycles. The molecule has 1 N–H and O–H groups in total. The van der Waals surface area contributed by atoms with Crippen LogP contribution in [0.15, 0.2) is 18.6 Å². The van der Waals surface area contributed by atoms with Crippen molar-refractivity contribution < 1.29 is 5.11 Å². The second kappa shape index (κ2) is 3.94. The fraction of sp³-hybridized carbons (Fsp3) is 0.182. The second-order valence-electron chi connectivity index (χ2n) is 4.02. The zero-order valence-corrected chi connectivity index (χ0v) is 12.0. The van der Waals surface area contributed by atoms with E-state index in [4.69, 9.17) is 0 Å². The van der Waals surface area contributed by atoms with Crippen LogP contribution in [0, 0.1) is 10.5 Å². The number of hydrogen-bond acceptors (Lipinski definition) is 4. The molecule has 0 saturated heterocycles. The summed E-state index contributed by atoms with van der Waals surface area (Å²) in [5.41, 5.74) is 1.61. The van der Waals surface area contributed by atoms with Gasteiger partial charge < -0.3 is 9.67 Å². The van der Waals surface area contributed by atoms with Crippen molar-refractivity contribution in [2.24, 2.45) is 7.05 Å². The predicted molar refractivity (Wildman–Crippen MR) is 74.3 cm³/mol. The fourth-order valence-electron chi connectivity index (χ4n) is 1.86. The van der Waals surface area contributed by atoms with Gasteiger partial charge in [0.05, 0.1) is 0 Å². The van der Waals surface area contributed by atoms with Crippen LogP contribution >= 0.6 is 22.6 Å². The minimum absolute atomic E-state index is 0.0246. The quantitative estimate of drug-likeness (QED) is 0.676. The van der Waals surface area contributed by atoms with Gasteiger partial charge in [-0.1, -0.05) is 0 Å². The molecule has 3 heterocycles. The third-order valence-electron chi connectivity index (χ3n) is 2.83. The molecule has 0 bridgehead atoms. The number of nitrogens with zero attached hydrogens (tertiary/aromatic N) is 5. The van der Waals surface area contributed by atoms with Crippen LogP contribution in [0.25, 0.3) is 17.2 Å². The lowest BCUT2D eigenvalue weighted by molar-refractivity contribution is 0.454. The van der Waals surface area contributed by atoms with E-state index in [1.165, 1.54) is 0 Å². The summed E-state index contributed by atoms with van der Waals surface area (Å²) in [7, 11) is 1.86. The van der Waals surface area contributed by atoms with Crippen molar-refractivity contribution in [3.05, 3.63) is 27.7 Å². The summed E-state index contributed by atoms with van der Waals surface area (Å²) < 4.78 is 4.49. The molecule has 18 heavy (non-hydrogen) atoms. The monoisotopic (exact) mass is 355 g/mol. The van der Waals surface area contributed by atoms with Gasteiger partial charge in [0.25, 0.3) is 0 Å². The van der Waals surface area contributed by atoms with Crippen LogP contribution in [0.4, 0.5) is 0 Å². The van der Waals surface area contributed by atoms with Crippen molar-refractivity contribution in [2.45, 2.75) is 6.92 Å². The van der Waals surface area contributed by atoms with Gasteiger partial charge in [-0.2, -0.15) is 4.98 Å². The van der Waals surface area contributed by atoms with Crippen LogP contribution in [0.3, 0.4) is 0 Å². The molecule has 0 spiro atoms. The summed E-state index contributed by atoms with van der Waals surface area (Å²) in [4.78, 5) is 8.29. The minimum Gasteiger partial charge on any atom is -0.492 e. The number of aryl methyl sites for hydroxylation is 2. The highest BCUT2D eigenvalue weighted by Crippen LogP contribution is 2.26. The van der Waals surface area contributed by atoms with E-state index in [1.807, 2.05) is 30.9 Å². The van der Waals surface area contributed by atoms with Gasteiger partial charge in [-0.25, -0.2) is 9.50 Å². The van der Waals surface area contributed by atoms with E-state index in [0.717, 1.165) is 9.13 Å². The number of halogens is 1. The Morgan fingerprint density at radius 3 is 2.83 bits per heavy atom. The van der Waals surface area contributed by atoms with Crippen molar-refractivity contribution in [1.29, 1.82) is 0 Å². The highest BCUT2D eigenvalue weighted by atomic mass is 127. The number of rotatable bonds is 1. The lowest BCUT2D eigenvalue weighted by Crippen LogP contribution is -2.01. The maximum atomic E-state index is 10.0. The van der Waals surface area contributed by atoms with E-state index >= 15 is 0 Å². The van der Waals surface area contributed by atoms with Gasteiger partial charge in [-0.05, 0) is 35.1 Å². The first-order valence-corrected chi connectivity index (χ1v) is 6.38. The summed E-state index contributed by atoms with van der Waals surface area (Å²) in [5.74, 6) is 0.996. The highest BCUT2D eigenvalue weighted by molar-refractivity contribution is 14.1. The van der Waals surface area contributed by atoms with Gasteiger partial charge in [0.2, 0.25) is 11.7 Å². The smallest absolute Gasteiger partial charge is 0.240 e. The Morgan fingerprint density at radius 1 is 1.39 bits per heavy atom. The molecule has 7 heteroatoms. The maximum absolute atomic E-state index is 10.0. The second-order valence-corrected chi connectivity index (χ2v) is 5.18. The molecule has 0 aliphatic rings.